The summed E-state index contributed by atoms with van der Waals surface area (Å²) in [5.74, 6) is -2.38. The van der Waals surface area contributed by atoms with Gasteiger partial charge < -0.3 is 53.6 Å². The molecule has 0 radical (unpaired) electrons. The van der Waals surface area contributed by atoms with E-state index < -0.39 is 48.1 Å². The Morgan fingerprint density at radius 1 is 0.857 bits per heavy atom. The van der Waals surface area contributed by atoms with Crippen LogP contribution in [0.25, 0.3) is 11.1 Å². The molecular formula is C26H39Cl3N6O7. The first kappa shape index (κ1) is 39.1. The second-order valence-electron chi connectivity index (χ2n) is 9.58. The number of nitrogens with two attached hydrogens (primary N) is 3. The van der Waals surface area contributed by atoms with Gasteiger partial charge >= 0.3 is 0 Å². The highest BCUT2D eigenvalue weighted by molar-refractivity contribution is 5.93. The SMILES string of the molecule is Cl.Cl.Cl.NCC(O)CNC(=O)[C@@H]1Cc2cc(ccc2O)-c2ccc(O)c(c2)C[C@H](N)C(=O)N[C@@H](C[C@@H](O)CN)C(=O)N1. The molecular weight excluding hydrogens is 615 g/mol. The summed E-state index contributed by atoms with van der Waals surface area (Å²) in [6, 6.07) is 5.81. The number of aromatic hydroxyl groups is 2. The maximum Gasteiger partial charge on any atom is 0.243 e. The van der Waals surface area contributed by atoms with Gasteiger partial charge in [-0.25, -0.2) is 0 Å². The van der Waals surface area contributed by atoms with E-state index in [1.54, 1.807) is 24.3 Å². The van der Waals surface area contributed by atoms with Gasteiger partial charge in [-0.3, -0.25) is 14.4 Å². The smallest absolute Gasteiger partial charge is 0.243 e. The van der Waals surface area contributed by atoms with Crippen LogP contribution in [0.15, 0.2) is 36.4 Å². The zero-order valence-corrected chi connectivity index (χ0v) is 25.0. The van der Waals surface area contributed by atoms with Crippen LogP contribution in [0.3, 0.4) is 0 Å². The number of carbonyl (C=O) groups excluding carboxylic acids is 3. The lowest BCUT2D eigenvalue weighted by atomic mass is 9.95. The molecule has 1 heterocycles. The molecule has 42 heavy (non-hydrogen) atoms. The van der Waals surface area contributed by atoms with Crippen LogP contribution >= 0.6 is 37.2 Å². The number of hydrogen-bond donors (Lipinski definition) is 10. The van der Waals surface area contributed by atoms with Crippen molar-refractivity contribution in [3.8, 4) is 22.6 Å². The number of aliphatic hydroxyl groups is 2. The van der Waals surface area contributed by atoms with E-state index >= 15 is 0 Å². The lowest BCUT2D eigenvalue weighted by molar-refractivity contribution is -0.133. The van der Waals surface area contributed by atoms with Gasteiger partial charge in [0.15, 0.2) is 0 Å². The number of rotatable bonds is 7. The summed E-state index contributed by atoms with van der Waals surface area (Å²) in [5.41, 5.74) is 19.0. The number of phenolic OH excluding ortho intramolecular Hbond substituents is 2. The molecule has 0 aliphatic carbocycles. The average molecular weight is 654 g/mol. The Bertz CT molecular complexity index is 1210. The molecule has 13 nitrogen and oxygen atoms in total. The molecule has 236 valence electrons. The molecule has 1 aliphatic heterocycles. The molecule has 4 bridgehead atoms. The van der Waals surface area contributed by atoms with Crippen LogP contribution in [0.1, 0.15) is 17.5 Å². The molecule has 0 saturated heterocycles. The van der Waals surface area contributed by atoms with Crippen molar-refractivity contribution in [3.63, 3.8) is 0 Å². The summed E-state index contributed by atoms with van der Waals surface area (Å²) < 4.78 is 0. The normalized spacial score (nSPS) is 20.0. The molecule has 2 aromatic rings. The number of phenols is 2. The molecule has 16 heteroatoms. The van der Waals surface area contributed by atoms with E-state index in [1.807, 2.05) is 0 Å². The summed E-state index contributed by atoms with van der Waals surface area (Å²) in [7, 11) is 0. The third kappa shape index (κ3) is 10.4. The predicted molar refractivity (Wildman–Crippen MR) is 164 cm³/mol. The molecule has 0 spiro atoms. The lowest BCUT2D eigenvalue weighted by Crippen LogP contribution is -2.57. The maximum atomic E-state index is 13.3. The van der Waals surface area contributed by atoms with Gasteiger partial charge in [0.05, 0.1) is 18.2 Å². The molecule has 2 aromatic carbocycles. The van der Waals surface area contributed by atoms with Crippen molar-refractivity contribution in [1.82, 2.24) is 16.0 Å². The van der Waals surface area contributed by atoms with E-state index in [0.29, 0.717) is 22.3 Å². The van der Waals surface area contributed by atoms with Crippen molar-refractivity contribution >= 4 is 54.9 Å². The van der Waals surface area contributed by atoms with Crippen molar-refractivity contribution in [2.45, 2.75) is 49.6 Å². The number of nitrogens with one attached hydrogen (secondary N) is 3. The Morgan fingerprint density at radius 3 is 1.90 bits per heavy atom. The highest BCUT2D eigenvalue weighted by atomic mass is 35.5. The van der Waals surface area contributed by atoms with Crippen LogP contribution in [-0.4, -0.2) is 88.1 Å². The van der Waals surface area contributed by atoms with E-state index in [1.165, 1.54) is 12.1 Å². The van der Waals surface area contributed by atoms with Gasteiger partial charge in [-0.05, 0) is 46.5 Å². The van der Waals surface area contributed by atoms with E-state index in [4.69, 9.17) is 17.2 Å². The first-order valence-corrected chi connectivity index (χ1v) is 12.6. The Kier molecular flexibility index (Phi) is 16.7. The molecule has 0 aromatic heterocycles. The third-order valence-electron chi connectivity index (χ3n) is 6.52. The van der Waals surface area contributed by atoms with E-state index in [0.717, 1.165) is 0 Å². The van der Waals surface area contributed by atoms with Crippen molar-refractivity contribution < 1.29 is 34.8 Å². The van der Waals surface area contributed by atoms with Gasteiger partial charge in [0.1, 0.15) is 23.6 Å². The fraction of sp³-hybridized carbons (Fsp3) is 0.423. The van der Waals surface area contributed by atoms with Crippen molar-refractivity contribution in [2.75, 3.05) is 19.6 Å². The largest absolute Gasteiger partial charge is 0.508 e. The fourth-order valence-corrected chi connectivity index (χ4v) is 4.19. The van der Waals surface area contributed by atoms with E-state index in [-0.39, 0.29) is 87.6 Å². The Balaban J connectivity index is 0.00000560. The number of fused-ring (bicyclic) bond motifs is 5. The molecule has 13 N–H and O–H groups in total. The molecule has 3 amide bonds. The summed E-state index contributed by atoms with van der Waals surface area (Å²) >= 11 is 0. The molecule has 1 aliphatic rings. The number of carbonyl (C=O) groups is 3. The Labute approximate surface area is 261 Å². The highest BCUT2D eigenvalue weighted by Gasteiger charge is 2.31. The molecule has 0 saturated carbocycles. The van der Waals surface area contributed by atoms with E-state index in [2.05, 4.69) is 16.0 Å². The Hall–Kier alpha value is -2.88. The molecule has 1 unspecified atom stereocenters. The molecule has 3 rings (SSSR count). The van der Waals surface area contributed by atoms with Crippen molar-refractivity contribution in [3.05, 3.63) is 47.5 Å². The fourth-order valence-electron chi connectivity index (χ4n) is 4.19. The summed E-state index contributed by atoms with van der Waals surface area (Å²) in [4.78, 5) is 39.3. The first-order valence-electron chi connectivity index (χ1n) is 12.6. The second kappa shape index (κ2) is 17.9. The quantitative estimate of drug-likeness (QED) is 0.167. The average Bonchev–Trinajstić information content (AvgIpc) is 2.92. The zero-order valence-electron chi connectivity index (χ0n) is 22.6. The standard InChI is InChI=1S/C26H36N6O7.3ClH/c27-10-17(33)9-21-26(39)32-20(25(38)30-12-18(34)11-28)8-16-6-14(2-4-23(16)36)13-1-3-22(35)15(5-13)7-19(29)24(37)31-21;;;/h1-6,17-21,33-36H,7-12,27-29H2,(H,30,38)(H,31,37)(H,32,39);3*1H/t17-,18?,19+,20+,21+;;;/m1.../s1. The maximum absolute atomic E-state index is 13.3. The van der Waals surface area contributed by atoms with Gasteiger partial charge in [-0.15, -0.1) is 37.2 Å². The minimum absolute atomic E-state index is 0. The number of aliphatic hydroxyl groups excluding tert-OH is 2. The van der Waals surface area contributed by atoms with Crippen LogP contribution in [-0.2, 0) is 27.2 Å². The minimum Gasteiger partial charge on any atom is -0.508 e. The first-order chi connectivity index (χ1) is 18.5. The third-order valence-corrected chi connectivity index (χ3v) is 6.52. The van der Waals surface area contributed by atoms with Crippen LogP contribution in [0.2, 0.25) is 0 Å². The number of amides is 3. The summed E-state index contributed by atoms with van der Waals surface area (Å²) in [6.07, 6.45) is -2.63. The summed E-state index contributed by atoms with van der Waals surface area (Å²) in [6.45, 7) is -0.459. The predicted octanol–water partition coefficient (Wildman–Crippen LogP) is -1.43. The van der Waals surface area contributed by atoms with Crippen LogP contribution < -0.4 is 33.2 Å². The van der Waals surface area contributed by atoms with Crippen molar-refractivity contribution in [2.24, 2.45) is 17.2 Å². The van der Waals surface area contributed by atoms with Gasteiger partial charge in [0.2, 0.25) is 17.7 Å². The topological polar surface area (TPSA) is 246 Å². The lowest BCUT2D eigenvalue weighted by Gasteiger charge is -2.26. The molecule has 0 fully saturated rings. The van der Waals surface area contributed by atoms with Gasteiger partial charge in [0.25, 0.3) is 0 Å². The number of halogens is 3. The van der Waals surface area contributed by atoms with E-state index in [9.17, 15) is 34.8 Å². The van der Waals surface area contributed by atoms with Crippen LogP contribution in [0.4, 0.5) is 0 Å². The Morgan fingerprint density at radius 2 is 1.38 bits per heavy atom. The zero-order chi connectivity index (χ0) is 28.7. The monoisotopic (exact) mass is 652 g/mol. The highest BCUT2D eigenvalue weighted by Crippen LogP contribution is 2.30. The second-order valence-corrected chi connectivity index (χ2v) is 9.58. The summed E-state index contributed by atoms with van der Waals surface area (Å²) in [5, 5.41) is 48.4. The van der Waals surface area contributed by atoms with Gasteiger partial charge in [-0.1, -0.05) is 12.1 Å². The van der Waals surface area contributed by atoms with Gasteiger partial charge in [0, 0.05) is 38.9 Å². The van der Waals surface area contributed by atoms with Gasteiger partial charge in [-0.2, -0.15) is 0 Å². The van der Waals surface area contributed by atoms with Crippen LogP contribution in [0, 0.1) is 0 Å². The van der Waals surface area contributed by atoms with Crippen molar-refractivity contribution in [1.29, 1.82) is 0 Å². The minimum atomic E-state index is -1.31. The van der Waals surface area contributed by atoms with Crippen LogP contribution in [0.5, 0.6) is 11.5 Å². The number of hydrogen-bond acceptors (Lipinski definition) is 10. The molecule has 5 atom stereocenters. The number of benzene rings is 2.